The van der Waals surface area contributed by atoms with E-state index < -0.39 is 0 Å². The summed E-state index contributed by atoms with van der Waals surface area (Å²) in [5, 5.41) is 3.47. The molecule has 1 atom stereocenters. The molecule has 2 rings (SSSR count). The Hall–Kier alpha value is -1.26. The van der Waals surface area contributed by atoms with E-state index in [-0.39, 0.29) is 12.1 Å². The van der Waals surface area contributed by atoms with Gasteiger partial charge in [-0.2, -0.15) is 0 Å². The van der Waals surface area contributed by atoms with Crippen LogP contribution in [0.3, 0.4) is 0 Å². The number of nitrogens with one attached hydrogen (secondary N) is 1. The van der Waals surface area contributed by atoms with Crippen molar-refractivity contribution in [3.8, 4) is 0 Å². The van der Waals surface area contributed by atoms with Gasteiger partial charge in [0.15, 0.2) is 0 Å². The molecule has 4 nitrogen and oxygen atoms in total. The maximum absolute atomic E-state index is 11.7. The van der Waals surface area contributed by atoms with Gasteiger partial charge in [-0.1, -0.05) is 17.7 Å². The number of nitrogens with zero attached hydrogens (tertiary/aromatic N) is 1. The fraction of sp³-hybridized carbons (Fsp3) is 0.364. The average Bonchev–Trinajstić information content (AvgIpc) is 2.64. The van der Waals surface area contributed by atoms with E-state index in [0.29, 0.717) is 18.1 Å². The number of urea groups is 1. The van der Waals surface area contributed by atoms with Crippen LogP contribution in [0.1, 0.15) is 5.56 Å². The number of aryl methyl sites for hydroxylation is 1. The third-order valence-corrected chi connectivity index (χ3v) is 3.13. The van der Waals surface area contributed by atoms with Gasteiger partial charge < -0.3 is 11.1 Å². The van der Waals surface area contributed by atoms with Crippen molar-refractivity contribution in [2.75, 3.05) is 18.0 Å². The molecule has 1 heterocycles. The highest BCUT2D eigenvalue weighted by Gasteiger charge is 2.28. The Balaban J connectivity index is 2.24. The minimum absolute atomic E-state index is 0.0209. The molecule has 0 spiro atoms. The molecule has 2 amide bonds. The molecule has 3 N–H and O–H groups in total. The second kappa shape index (κ2) is 4.31. The third kappa shape index (κ3) is 1.99. The van der Waals surface area contributed by atoms with Crippen LogP contribution >= 0.6 is 11.6 Å². The smallest absolute Gasteiger partial charge is 0.322 e. The van der Waals surface area contributed by atoms with Crippen molar-refractivity contribution >= 4 is 23.3 Å². The van der Waals surface area contributed by atoms with E-state index in [1.54, 1.807) is 11.0 Å². The van der Waals surface area contributed by atoms with Crippen molar-refractivity contribution < 1.29 is 4.79 Å². The van der Waals surface area contributed by atoms with Gasteiger partial charge in [-0.15, -0.1) is 0 Å². The number of halogens is 1. The van der Waals surface area contributed by atoms with Gasteiger partial charge >= 0.3 is 6.03 Å². The molecule has 1 aromatic carbocycles. The van der Waals surface area contributed by atoms with Gasteiger partial charge in [-0.05, 0) is 24.6 Å². The molecule has 1 aliphatic rings. The van der Waals surface area contributed by atoms with E-state index >= 15 is 0 Å². The number of carbonyl (C=O) groups is 1. The summed E-state index contributed by atoms with van der Waals surface area (Å²) in [5.74, 6) is 0. The lowest BCUT2D eigenvalue weighted by Crippen LogP contribution is -2.33. The van der Waals surface area contributed by atoms with Crippen LogP contribution in [-0.2, 0) is 0 Å². The zero-order chi connectivity index (χ0) is 11.7. The molecule has 0 aliphatic carbocycles. The number of hydrogen-bond acceptors (Lipinski definition) is 2. The summed E-state index contributed by atoms with van der Waals surface area (Å²) in [6.45, 7) is 2.97. The first kappa shape index (κ1) is 11.2. The Morgan fingerprint density at radius 1 is 1.62 bits per heavy atom. The van der Waals surface area contributed by atoms with E-state index in [9.17, 15) is 4.79 Å². The number of nitrogens with two attached hydrogens (primary N) is 1. The summed E-state index contributed by atoms with van der Waals surface area (Å²) in [7, 11) is 0. The van der Waals surface area contributed by atoms with E-state index in [2.05, 4.69) is 5.32 Å². The Kier molecular flexibility index (Phi) is 3.03. The van der Waals surface area contributed by atoms with Crippen molar-refractivity contribution in [2.24, 2.45) is 5.73 Å². The zero-order valence-corrected chi connectivity index (χ0v) is 9.79. The molecule has 86 valence electrons. The highest BCUT2D eigenvalue weighted by atomic mass is 35.5. The standard InChI is InChI=1S/C11H14ClN3O/c1-7-2-3-9(4-10(7)12)15-6-8(5-13)14-11(15)16/h2-4,8H,5-6,13H2,1H3,(H,14,16). The Morgan fingerprint density at radius 3 is 2.94 bits per heavy atom. The predicted molar refractivity (Wildman–Crippen MR) is 64.9 cm³/mol. The van der Waals surface area contributed by atoms with Crippen LogP contribution in [0, 0.1) is 6.92 Å². The summed E-state index contributed by atoms with van der Waals surface area (Å²) in [6.07, 6.45) is 0. The fourth-order valence-corrected chi connectivity index (χ4v) is 1.88. The fourth-order valence-electron chi connectivity index (χ4n) is 1.71. The molecule has 1 fully saturated rings. The summed E-state index contributed by atoms with van der Waals surface area (Å²) in [6, 6.07) is 5.50. The second-order valence-electron chi connectivity index (χ2n) is 3.93. The lowest BCUT2D eigenvalue weighted by molar-refractivity contribution is 0.251. The minimum atomic E-state index is -0.115. The average molecular weight is 240 g/mol. The Bertz CT molecular complexity index is 422. The van der Waals surface area contributed by atoms with Crippen LogP contribution in [0.4, 0.5) is 10.5 Å². The van der Waals surface area contributed by atoms with Crippen LogP contribution < -0.4 is 16.0 Å². The summed E-state index contributed by atoms with van der Waals surface area (Å²) < 4.78 is 0. The first-order chi connectivity index (χ1) is 7.61. The highest BCUT2D eigenvalue weighted by molar-refractivity contribution is 6.31. The number of amides is 2. The number of carbonyl (C=O) groups excluding carboxylic acids is 1. The molecule has 0 radical (unpaired) electrons. The van der Waals surface area contributed by atoms with E-state index in [1.165, 1.54) is 0 Å². The molecular weight excluding hydrogens is 226 g/mol. The van der Waals surface area contributed by atoms with Crippen molar-refractivity contribution in [3.63, 3.8) is 0 Å². The van der Waals surface area contributed by atoms with Gasteiger partial charge in [-0.3, -0.25) is 4.90 Å². The van der Waals surface area contributed by atoms with Crippen molar-refractivity contribution in [2.45, 2.75) is 13.0 Å². The molecule has 0 bridgehead atoms. The van der Waals surface area contributed by atoms with Gasteiger partial charge in [0.05, 0.1) is 6.04 Å². The van der Waals surface area contributed by atoms with Gasteiger partial charge in [-0.25, -0.2) is 4.79 Å². The molecule has 1 aromatic rings. The zero-order valence-electron chi connectivity index (χ0n) is 9.03. The van der Waals surface area contributed by atoms with Gasteiger partial charge in [0, 0.05) is 23.8 Å². The van der Waals surface area contributed by atoms with Crippen LogP contribution in [0.15, 0.2) is 18.2 Å². The third-order valence-electron chi connectivity index (χ3n) is 2.73. The predicted octanol–water partition coefficient (Wildman–Crippen LogP) is 1.51. The van der Waals surface area contributed by atoms with Crippen LogP contribution in [0.2, 0.25) is 5.02 Å². The molecule has 0 saturated carbocycles. The second-order valence-corrected chi connectivity index (χ2v) is 4.33. The van der Waals surface area contributed by atoms with E-state index in [4.69, 9.17) is 17.3 Å². The molecule has 1 unspecified atom stereocenters. The monoisotopic (exact) mass is 239 g/mol. The maximum atomic E-state index is 11.7. The SMILES string of the molecule is Cc1ccc(N2CC(CN)NC2=O)cc1Cl. The van der Waals surface area contributed by atoms with Crippen molar-refractivity contribution in [1.29, 1.82) is 0 Å². The topological polar surface area (TPSA) is 58.4 Å². The lowest BCUT2D eigenvalue weighted by atomic mass is 10.2. The van der Waals surface area contributed by atoms with Crippen LogP contribution in [-0.4, -0.2) is 25.2 Å². The Morgan fingerprint density at radius 2 is 2.38 bits per heavy atom. The largest absolute Gasteiger partial charge is 0.332 e. The van der Waals surface area contributed by atoms with Gasteiger partial charge in [0.25, 0.3) is 0 Å². The Labute approximate surface area is 99.4 Å². The molecule has 0 aromatic heterocycles. The van der Waals surface area contributed by atoms with Crippen molar-refractivity contribution in [3.05, 3.63) is 28.8 Å². The van der Waals surface area contributed by atoms with Gasteiger partial charge in [0.2, 0.25) is 0 Å². The molecule has 16 heavy (non-hydrogen) atoms. The van der Waals surface area contributed by atoms with Crippen LogP contribution in [0.5, 0.6) is 0 Å². The highest BCUT2D eigenvalue weighted by Crippen LogP contribution is 2.24. The lowest BCUT2D eigenvalue weighted by Gasteiger charge is -2.15. The molecule has 1 aliphatic heterocycles. The first-order valence-corrected chi connectivity index (χ1v) is 5.54. The number of rotatable bonds is 2. The quantitative estimate of drug-likeness (QED) is 0.822. The number of anilines is 1. The maximum Gasteiger partial charge on any atom is 0.322 e. The van der Waals surface area contributed by atoms with E-state index in [0.717, 1.165) is 11.3 Å². The van der Waals surface area contributed by atoms with E-state index in [1.807, 2.05) is 19.1 Å². The normalized spacial score (nSPS) is 20.1. The molecular formula is C11H14ClN3O. The van der Waals surface area contributed by atoms with Gasteiger partial charge in [0.1, 0.15) is 0 Å². The molecule has 1 saturated heterocycles. The summed E-state index contributed by atoms with van der Waals surface area (Å²) in [4.78, 5) is 13.3. The first-order valence-electron chi connectivity index (χ1n) is 5.16. The molecule has 5 heteroatoms. The summed E-state index contributed by atoms with van der Waals surface area (Å²) >= 11 is 6.03. The summed E-state index contributed by atoms with van der Waals surface area (Å²) in [5.41, 5.74) is 7.33. The number of benzene rings is 1. The minimum Gasteiger partial charge on any atom is -0.332 e. The van der Waals surface area contributed by atoms with Crippen molar-refractivity contribution in [1.82, 2.24) is 5.32 Å². The van der Waals surface area contributed by atoms with Crippen LogP contribution in [0.25, 0.3) is 0 Å². The number of hydrogen-bond donors (Lipinski definition) is 2.